The lowest BCUT2D eigenvalue weighted by Gasteiger charge is -2.32. The molecule has 2 N–H and O–H groups in total. The highest BCUT2D eigenvalue weighted by Gasteiger charge is 2.36. The van der Waals surface area contributed by atoms with Crippen molar-refractivity contribution in [2.75, 3.05) is 17.2 Å². The number of nitrogens with zero attached hydrogens (tertiary/aromatic N) is 5. The fraction of sp³-hybridized carbons (Fsp3) is 0.318. The second-order valence-electron chi connectivity index (χ2n) is 8.31. The zero-order valence-corrected chi connectivity index (χ0v) is 16.5. The van der Waals surface area contributed by atoms with E-state index >= 15 is 0 Å². The van der Waals surface area contributed by atoms with E-state index < -0.39 is 11.7 Å². The summed E-state index contributed by atoms with van der Waals surface area (Å²) in [6.45, 7) is 0.746. The smallest absolute Gasteiger partial charge is 0.399 e. The van der Waals surface area contributed by atoms with E-state index in [-0.39, 0.29) is 12.1 Å². The van der Waals surface area contributed by atoms with E-state index in [0.29, 0.717) is 35.8 Å². The topological polar surface area (TPSA) is 72.3 Å². The Kier molecular flexibility index (Phi) is 3.75. The van der Waals surface area contributed by atoms with Gasteiger partial charge in [-0.15, -0.1) is 15.3 Å². The van der Waals surface area contributed by atoms with Gasteiger partial charge in [-0.3, -0.25) is 0 Å². The Balaban J connectivity index is 1.50. The fourth-order valence-electron chi connectivity index (χ4n) is 4.57. The third kappa shape index (κ3) is 2.90. The first kappa shape index (κ1) is 18.4. The molecule has 0 bridgehead atoms. The molecule has 158 valence electrons. The van der Waals surface area contributed by atoms with Gasteiger partial charge in [0.2, 0.25) is 0 Å². The van der Waals surface area contributed by atoms with Crippen molar-refractivity contribution in [2.45, 2.75) is 37.9 Å². The molecule has 0 radical (unpaired) electrons. The van der Waals surface area contributed by atoms with Gasteiger partial charge in [0.15, 0.2) is 17.3 Å². The number of rotatable bonds is 2. The van der Waals surface area contributed by atoms with E-state index in [1.165, 1.54) is 0 Å². The Hall–Kier alpha value is -3.36. The first-order valence-electron chi connectivity index (χ1n) is 10.3. The van der Waals surface area contributed by atoms with Crippen molar-refractivity contribution in [1.82, 2.24) is 19.8 Å². The van der Waals surface area contributed by atoms with Crippen molar-refractivity contribution >= 4 is 27.9 Å². The molecule has 31 heavy (non-hydrogen) atoms. The van der Waals surface area contributed by atoms with Crippen LogP contribution in [0.3, 0.4) is 0 Å². The average molecular weight is 424 g/mol. The maximum absolute atomic E-state index is 13.6. The van der Waals surface area contributed by atoms with Crippen LogP contribution in [0.2, 0.25) is 0 Å². The number of nitrogen functional groups attached to an aromatic ring is 1. The van der Waals surface area contributed by atoms with Crippen LogP contribution in [0.1, 0.15) is 41.3 Å². The Bertz CT molecular complexity index is 1340. The molecule has 2 aromatic heterocycles. The fourth-order valence-corrected chi connectivity index (χ4v) is 4.57. The Labute approximate surface area is 175 Å². The summed E-state index contributed by atoms with van der Waals surface area (Å²) in [6.07, 6.45) is -2.01. The number of fused-ring (bicyclic) bond motifs is 4. The average Bonchev–Trinajstić information content (AvgIpc) is 3.50. The third-order valence-electron chi connectivity index (χ3n) is 6.17. The van der Waals surface area contributed by atoms with Gasteiger partial charge >= 0.3 is 6.18 Å². The van der Waals surface area contributed by atoms with Crippen molar-refractivity contribution in [3.8, 4) is 0 Å². The monoisotopic (exact) mass is 424 g/mol. The molecule has 0 amide bonds. The molecule has 6 nitrogen and oxygen atoms in total. The predicted molar refractivity (Wildman–Crippen MR) is 111 cm³/mol. The highest BCUT2D eigenvalue weighted by Crippen LogP contribution is 2.41. The second-order valence-corrected chi connectivity index (χ2v) is 8.31. The first-order valence-corrected chi connectivity index (χ1v) is 10.3. The van der Waals surface area contributed by atoms with E-state index in [4.69, 9.17) is 10.8 Å². The zero-order valence-electron chi connectivity index (χ0n) is 16.5. The standard InChI is InChI=1S/C22H19F3N6/c23-22(24,25)18-10-14(26)9-13-11-30(8-7-15(13)18)21-17-4-2-1-3-16(17)20-28-27-19(12-5-6-12)31(20)29-21/h1-4,9-10,12H,5-8,11,26H2. The lowest BCUT2D eigenvalue weighted by molar-refractivity contribution is -0.138. The zero-order chi connectivity index (χ0) is 21.3. The van der Waals surface area contributed by atoms with Crippen molar-refractivity contribution in [2.24, 2.45) is 0 Å². The number of aromatic nitrogens is 4. The van der Waals surface area contributed by atoms with E-state index in [9.17, 15) is 13.2 Å². The van der Waals surface area contributed by atoms with Crippen molar-refractivity contribution < 1.29 is 13.2 Å². The molecule has 1 fully saturated rings. The molecule has 0 spiro atoms. The van der Waals surface area contributed by atoms with Crippen LogP contribution >= 0.6 is 0 Å². The molecule has 0 atom stereocenters. The number of hydrogen-bond donors (Lipinski definition) is 1. The van der Waals surface area contributed by atoms with Crippen LogP contribution in [0.25, 0.3) is 16.4 Å². The molecule has 2 aromatic carbocycles. The minimum Gasteiger partial charge on any atom is -0.399 e. The summed E-state index contributed by atoms with van der Waals surface area (Å²) in [5.74, 6) is 1.95. The van der Waals surface area contributed by atoms with E-state index in [0.717, 1.165) is 41.3 Å². The summed E-state index contributed by atoms with van der Waals surface area (Å²) in [4.78, 5) is 2.03. The van der Waals surface area contributed by atoms with Crippen LogP contribution in [-0.4, -0.2) is 26.4 Å². The molecule has 0 saturated heterocycles. The van der Waals surface area contributed by atoms with Crippen molar-refractivity contribution in [1.29, 1.82) is 0 Å². The molecule has 1 aliphatic heterocycles. The summed E-state index contributed by atoms with van der Waals surface area (Å²) in [6, 6.07) is 10.5. The van der Waals surface area contributed by atoms with Gasteiger partial charge in [0, 0.05) is 35.5 Å². The lowest BCUT2D eigenvalue weighted by atomic mass is 9.93. The molecule has 3 heterocycles. The second kappa shape index (κ2) is 6.32. The maximum Gasteiger partial charge on any atom is 0.416 e. The number of benzene rings is 2. The molecule has 2 aliphatic rings. The van der Waals surface area contributed by atoms with Crippen LogP contribution in [0, 0.1) is 0 Å². The Morgan fingerprint density at radius 2 is 1.81 bits per heavy atom. The molecular formula is C22H19F3N6. The normalized spacial score (nSPS) is 16.8. The molecule has 1 aliphatic carbocycles. The van der Waals surface area contributed by atoms with E-state index in [1.807, 2.05) is 33.7 Å². The van der Waals surface area contributed by atoms with Crippen molar-refractivity contribution in [3.05, 3.63) is 58.9 Å². The Morgan fingerprint density at radius 1 is 1.03 bits per heavy atom. The van der Waals surface area contributed by atoms with E-state index in [1.54, 1.807) is 6.07 Å². The predicted octanol–water partition coefficient (Wildman–Crippen LogP) is 4.32. The van der Waals surface area contributed by atoms with Gasteiger partial charge in [-0.1, -0.05) is 24.3 Å². The number of halogens is 3. The van der Waals surface area contributed by atoms with Gasteiger partial charge in [-0.2, -0.15) is 17.7 Å². The lowest BCUT2D eigenvalue weighted by Crippen LogP contribution is -2.33. The first-order chi connectivity index (χ1) is 14.9. The van der Waals surface area contributed by atoms with Gasteiger partial charge in [-0.05, 0) is 42.5 Å². The summed E-state index contributed by atoms with van der Waals surface area (Å²) < 4.78 is 42.5. The van der Waals surface area contributed by atoms with Gasteiger partial charge in [0.05, 0.1) is 5.56 Å². The van der Waals surface area contributed by atoms with Crippen molar-refractivity contribution in [3.63, 3.8) is 0 Å². The highest BCUT2D eigenvalue weighted by atomic mass is 19.4. The van der Waals surface area contributed by atoms with Gasteiger partial charge in [0.25, 0.3) is 0 Å². The number of nitrogens with two attached hydrogens (primary N) is 1. The van der Waals surface area contributed by atoms with Gasteiger partial charge in [0.1, 0.15) is 0 Å². The molecule has 6 rings (SSSR count). The Morgan fingerprint density at radius 3 is 2.55 bits per heavy atom. The number of anilines is 2. The van der Waals surface area contributed by atoms with Crippen LogP contribution in [0.5, 0.6) is 0 Å². The number of alkyl halides is 3. The van der Waals surface area contributed by atoms with Gasteiger partial charge in [-0.25, -0.2) is 0 Å². The molecule has 1 saturated carbocycles. The summed E-state index contributed by atoms with van der Waals surface area (Å²) >= 11 is 0. The SMILES string of the molecule is Nc1cc2c(c(C(F)(F)F)c1)CCN(c1nn3c(C4CC4)nnc3c3ccccc13)C2. The largest absolute Gasteiger partial charge is 0.416 e. The minimum absolute atomic E-state index is 0.121. The summed E-state index contributed by atoms with van der Waals surface area (Å²) in [7, 11) is 0. The summed E-state index contributed by atoms with van der Waals surface area (Å²) in [5, 5.41) is 15.5. The van der Waals surface area contributed by atoms with Crippen LogP contribution in [-0.2, 0) is 19.1 Å². The molecule has 4 aromatic rings. The highest BCUT2D eigenvalue weighted by molar-refractivity contribution is 6.00. The molecule has 9 heteroatoms. The molecule has 0 unspecified atom stereocenters. The van der Waals surface area contributed by atoms with Crippen LogP contribution in [0.15, 0.2) is 36.4 Å². The third-order valence-corrected chi connectivity index (χ3v) is 6.17. The number of hydrogen-bond acceptors (Lipinski definition) is 5. The summed E-state index contributed by atoms with van der Waals surface area (Å²) in [5.41, 5.74) is 6.94. The quantitative estimate of drug-likeness (QED) is 0.485. The van der Waals surface area contributed by atoms with Crippen LogP contribution in [0.4, 0.5) is 24.7 Å². The van der Waals surface area contributed by atoms with E-state index in [2.05, 4.69) is 10.2 Å². The minimum atomic E-state index is -4.42. The van der Waals surface area contributed by atoms with Crippen LogP contribution < -0.4 is 10.6 Å². The van der Waals surface area contributed by atoms with Gasteiger partial charge < -0.3 is 10.6 Å². The molecular weight excluding hydrogens is 405 g/mol. The maximum atomic E-state index is 13.6.